The first kappa shape index (κ1) is 11.2. The summed E-state index contributed by atoms with van der Waals surface area (Å²) in [6.45, 7) is 0.557. The van der Waals surface area contributed by atoms with Crippen LogP contribution >= 0.6 is 0 Å². The number of imide groups is 1. The van der Waals surface area contributed by atoms with Gasteiger partial charge in [0.05, 0.1) is 0 Å². The molecule has 0 atom stereocenters. The van der Waals surface area contributed by atoms with Crippen molar-refractivity contribution >= 4 is 17.9 Å². The fourth-order valence-corrected chi connectivity index (χ4v) is 0.904. The molecule has 15 heavy (non-hydrogen) atoms. The fourth-order valence-electron chi connectivity index (χ4n) is 0.904. The normalized spacial score (nSPS) is 14.9. The molecule has 0 spiro atoms. The zero-order valence-electron chi connectivity index (χ0n) is 8.03. The van der Waals surface area contributed by atoms with Gasteiger partial charge in [-0.2, -0.15) is 0 Å². The average Bonchev–Trinajstić information content (AvgIpc) is 2.95. The largest absolute Gasteiger partial charge is 0.478 e. The molecule has 1 saturated carbocycles. The van der Waals surface area contributed by atoms with Crippen LogP contribution in [-0.4, -0.2) is 29.6 Å². The van der Waals surface area contributed by atoms with Crippen molar-refractivity contribution in [2.24, 2.45) is 5.92 Å². The van der Waals surface area contributed by atoms with Gasteiger partial charge in [0.25, 0.3) is 5.91 Å². The SMILES string of the molecule is O=C(O)/C=C/C(=O)NC(=O)NCC1CC1. The second-order valence-corrected chi connectivity index (χ2v) is 3.31. The molecule has 0 radical (unpaired) electrons. The highest BCUT2D eigenvalue weighted by atomic mass is 16.4. The summed E-state index contributed by atoms with van der Waals surface area (Å²) in [6.07, 6.45) is 3.67. The molecule has 0 bridgehead atoms. The summed E-state index contributed by atoms with van der Waals surface area (Å²) in [5, 5.41) is 12.7. The van der Waals surface area contributed by atoms with Crippen LogP contribution in [0.4, 0.5) is 4.79 Å². The highest BCUT2D eigenvalue weighted by Gasteiger charge is 2.21. The summed E-state index contributed by atoms with van der Waals surface area (Å²) in [4.78, 5) is 31.9. The van der Waals surface area contributed by atoms with Gasteiger partial charge in [-0.05, 0) is 18.8 Å². The maximum absolute atomic E-state index is 11.0. The minimum absolute atomic E-state index is 0.528. The Balaban J connectivity index is 2.17. The Morgan fingerprint density at radius 3 is 2.47 bits per heavy atom. The second kappa shape index (κ2) is 5.14. The Labute approximate surface area is 86.3 Å². The zero-order valence-corrected chi connectivity index (χ0v) is 8.03. The fraction of sp³-hybridized carbons (Fsp3) is 0.444. The molecule has 6 nitrogen and oxygen atoms in total. The maximum Gasteiger partial charge on any atom is 0.328 e. The van der Waals surface area contributed by atoms with E-state index < -0.39 is 17.9 Å². The molecule has 6 heteroatoms. The number of carboxylic acids is 1. The standard InChI is InChI=1S/C9H12N2O4/c12-7(3-4-8(13)14)11-9(15)10-5-6-1-2-6/h3-4,6H,1-2,5H2,(H,13,14)(H2,10,11,12,15)/b4-3+. The van der Waals surface area contributed by atoms with Gasteiger partial charge in [-0.15, -0.1) is 0 Å². The molecule has 0 aromatic rings. The number of nitrogens with one attached hydrogen (secondary N) is 2. The quantitative estimate of drug-likeness (QED) is 0.565. The molecule has 0 aromatic carbocycles. The molecule has 3 amide bonds. The molecular formula is C9H12N2O4. The van der Waals surface area contributed by atoms with Crippen LogP contribution in [-0.2, 0) is 9.59 Å². The van der Waals surface area contributed by atoms with E-state index in [0.717, 1.165) is 18.9 Å². The van der Waals surface area contributed by atoms with E-state index in [2.05, 4.69) is 5.32 Å². The van der Waals surface area contributed by atoms with Crippen LogP contribution in [0.2, 0.25) is 0 Å². The van der Waals surface area contributed by atoms with Crippen molar-refractivity contribution in [3.8, 4) is 0 Å². The van der Waals surface area contributed by atoms with Crippen molar-refractivity contribution in [1.82, 2.24) is 10.6 Å². The van der Waals surface area contributed by atoms with Crippen LogP contribution < -0.4 is 10.6 Å². The Morgan fingerprint density at radius 1 is 1.27 bits per heavy atom. The topological polar surface area (TPSA) is 95.5 Å². The van der Waals surface area contributed by atoms with Crippen molar-refractivity contribution in [3.05, 3.63) is 12.2 Å². The number of urea groups is 1. The highest BCUT2D eigenvalue weighted by Crippen LogP contribution is 2.27. The number of carbonyl (C=O) groups is 3. The second-order valence-electron chi connectivity index (χ2n) is 3.31. The smallest absolute Gasteiger partial charge is 0.328 e. The third-order valence-electron chi connectivity index (χ3n) is 1.86. The van der Waals surface area contributed by atoms with Crippen molar-refractivity contribution in [3.63, 3.8) is 0 Å². The zero-order chi connectivity index (χ0) is 11.3. The Hall–Kier alpha value is -1.85. The van der Waals surface area contributed by atoms with Gasteiger partial charge in [-0.1, -0.05) is 0 Å². The van der Waals surface area contributed by atoms with Crippen LogP contribution in [0.15, 0.2) is 12.2 Å². The summed E-state index contributed by atoms with van der Waals surface area (Å²) < 4.78 is 0. The lowest BCUT2D eigenvalue weighted by molar-refractivity contribution is -0.131. The van der Waals surface area contributed by atoms with Crippen LogP contribution in [0.25, 0.3) is 0 Å². The van der Waals surface area contributed by atoms with E-state index in [1.54, 1.807) is 0 Å². The summed E-state index contributed by atoms with van der Waals surface area (Å²) in [6, 6.07) is -0.595. The minimum atomic E-state index is -1.23. The van der Waals surface area contributed by atoms with Crippen molar-refractivity contribution in [2.45, 2.75) is 12.8 Å². The first-order chi connectivity index (χ1) is 7.08. The Bertz CT molecular complexity index is 307. The minimum Gasteiger partial charge on any atom is -0.478 e. The average molecular weight is 212 g/mol. The van der Waals surface area contributed by atoms with E-state index >= 15 is 0 Å². The first-order valence-corrected chi connectivity index (χ1v) is 4.57. The van der Waals surface area contributed by atoms with Gasteiger partial charge in [0.15, 0.2) is 0 Å². The third-order valence-corrected chi connectivity index (χ3v) is 1.86. The van der Waals surface area contributed by atoms with Gasteiger partial charge in [-0.25, -0.2) is 9.59 Å². The lowest BCUT2D eigenvalue weighted by Gasteiger charge is -2.02. The van der Waals surface area contributed by atoms with Crippen molar-refractivity contribution < 1.29 is 19.5 Å². The van der Waals surface area contributed by atoms with E-state index in [1.165, 1.54) is 0 Å². The summed E-state index contributed by atoms with van der Waals surface area (Å²) in [7, 11) is 0. The number of aliphatic carboxylic acids is 1. The summed E-state index contributed by atoms with van der Waals surface area (Å²) >= 11 is 0. The van der Waals surface area contributed by atoms with E-state index in [-0.39, 0.29) is 0 Å². The lowest BCUT2D eigenvalue weighted by Crippen LogP contribution is -2.39. The van der Waals surface area contributed by atoms with Crippen LogP contribution in [0.3, 0.4) is 0 Å². The molecular weight excluding hydrogens is 200 g/mol. The molecule has 1 rings (SSSR count). The Morgan fingerprint density at radius 2 is 1.93 bits per heavy atom. The molecule has 0 aliphatic heterocycles. The van der Waals surface area contributed by atoms with Gasteiger partial charge in [0.1, 0.15) is 0 Å². The van der Waals surface area contributed by atoms with Crippen molar-refractivity contribution in [1.29, 1.82) is 0 Å². The first-order valence-electron chi connectivity index (χ1n) is 4.57. The maximum atomic E-state index is 11.0. The molecule has 3 N–H and O–H groups in total. The van der Waals surface area contributed by atoms with Gasteiger partial charge in [-0.3, -0.25) is 10.1 Å². The molecule has 1 aliphatic carbocycles. The predicted molar refractivity (Wildman–Crippen MR) is 51.0 cm³/mol. The van der Waals surface area contributed by atoms with E-state index in [9.17, 15) is 14.4 Å². The molecule has 0 unspecified atom stereocenters. The van der Waals surface area contributed by atoms with Gasteiger partial charge in [0.2, 0.25) is 0 Å². The number of hydrogen-bond acceptors (Lipinski definition) is 3. The number of carboxylic acid groups (broad SMARTS) is 1. The Kier molecular flexibility index (Phi) is 3.84. The number of hydrogen-bond donors (Lipinski definition) is 3. The van der Waals surface area contributed by atoms with Crippen LogP contribution in [0, 0.1) is 5.92 Å². The van der Waals surface area contributed by atoms with E-state index in [1.807, 2.05) is 5.32 Å². The van der Waals surface area contributed by atoms with Gasteiger partial charge < -0.3 is 10.4 Å². The molecule has 82 valence electrons. The lowest BCUT2D eigenvalue weighted by atomic mass is 10.4. The molecule has 1 aliphatic rings. The summed E-state index contributed by atoms with van der Waals surface area (Å²) in [5.41, 5.74) is 0. The van der Waals surface area contributed by atoms with Crippen LogP contribution in [0.1, 0.15) is 12.8 Å². The van der Waals surface area contributed by atoms with Crippen molar-refractivity contribution in [2.75, 3.05) is 6.54 Å². The number of rotatable bonds is 4. The number of carbonyl (C=O) groups excluding carboxylic acids is 2. The van der Waals surface area contributed by atoms with Gasteiger partial charge in [0, 0.05) is 18.7 Å². The number of amides is 3. The van der Waals surface area contributed by atoms with E-state index in [4.69, 9.17) is 5.11 Å². The van der Waals surface area contributed by atoms with Gasteiger partial charge >= 0.3 is 12.0 Å². The van der Waals surface area contributed by atoms with Crippen LogP contribution in [0.5, 0.6) is 0 Å². The third kappa shape index (κ3) is 5.45. The molecule has 1 fully saturated rings. The highest BCUT2D eigenvalue weighted by molar-refractivity contribution is 6.02. The molecule has 0 aromatic heterocycles. The predicted octanol–water partition coefficient (Wildman–Crippen LogP) is -0.137. The molecule has 0 saturated heterocycles. The van der Waals surface area contributed by atoms with E-state index in [0.29, 0.717) is 18.5 Å². The molecule has 0 heterocycles. The summed E-state index contributed by atoms with van der Waals surface area (Å²) in [5.74, 6) is -1.45. The monoisotopic (exact) mass is 212 g/mol.